The normalized spacial score (nSPS) is 11.1. The summed E-state index contributed by atoms with van der Waals surface area (Å²) in [4.78, 5) is 12.2. The van der Waals surface area contributed by atoms with E-state index in [0.29, 0.717) is 24.3 Å². The number of rotatable bonds is 5. The van der Waals surface area contributed by atoms with Gasteiger partial charge in [-0.05, 0) is 48.4 Å². The molecule has 0 aromatic carbocycles. The van der Waals surface area contributed by atoms with Gasteiger partial charge in [-0.3, -0.25) is 9.48 Å². The number of hydrogen-bond donors (Lipinski definition) is 1. The molecule has 23 heavy (non-hydrogen) atoms. The van der Waals surface area contributed by atoms with Crippen molar-refractivity contribution < 1.29 is 4.79 Å². The summed E-state index contributed by atoms with van der Waals surface area (Å²) in [6.45, 7) is 7.36. The Bertz CT molecular complexity index is 849. The second kappa shape index (κ2) is 6.15. The number of pyridine rings is 1. The van der Waals surface area contributed by atoms with E-state index in [1.807, 2.05) is 11.6 Å². The summed E-state index contributed by atoms with van der Waals surface area (Å²) in [5, 5.41) is 18.6. The molecule has 0 radical (unpaired) electrons. The fraction of sp³-hybridized carbons (Fsp3) is 0.400. The minimum atomic E-state index is -0.153. The fourth-order valence-corrected chi connectivity index (χ4v) is 2.72. The van der Waals surface area contributed by atoms with E-state index < -0.39 is 0 Å². The van der Waals surface area contributed by atoms with Gasteiger partial charge in [-0.15, -0.1) is 5.10 Å². The molecule has 1 amide bonds. The summed E-state index contributed by atoms with van der Waals surface area (Å²) < 4.78 is 3.42. The number of tetrazole rings is 1. The first-order valence-electron chi connectivity index (χ1n) is 7.59. The number of amides is 1. The molecule has 3 aromatic rings. The van der Waals surface area contributed by atoms with Crippen LogP contribution in [0.5, 0.6) is 0 Å². The lowest BCUT2D eigenvalue weighted by atomic mass is 10.1. The Balaban J connectivity index is 1.63. The smallest absolute Gasteiger partial charge is 0.252 e. The molecule has 120 valence electrons. The van der Waals surface area contributed by atoms with Crippen LogP contribution in [0.25, 0.3) is 5.65 Å². The summed E-state index contributed by atoms with van der Waals surface area (Å²) in [5.74, 6) is -0.153. The lowest BCUT2D eigenvalue weighted by molar-refractivity contribution is 0.0951. The quantitative estimate of drug-likeness (QED) is 0.757. The van der Waals surface area contributed by atoms with Crippen LogP contribution in [0.15, 0.2) is 18.3 Å². The molecule has 3 aromatic heterocycles. The molecule has 1 N–H and O–H groups in total. The Labute approximate surface area is 133 Å². The maximum atomic E-state index is 12.2. The number of aryl methyl sites for hydroxylation is 1. The van der Waals surface area contributed by atoms with Gasteiger partial charge in [0.2, 0.25) is 0 Å². The number of nitrogens with zero attached hydrogens (tertiary/aromatic N) is 6. The average molecular weight is 313 g/mol. The molecular formula is C15H19N7O. The first kappa shape index (κ1) is 15.1. The maximum Gasteiger partial charge on any atom is 0.252 e. The van der Waals surface area contributed by atoms with Crippen LogP contribution in [0.3, 0.4) is 0 Å². The molecule has 0 saturated carbocycles. The van der Waals surface area contributed by atoms with Crippen LogP contribution in [-0.2, 0) is 13.0 Å². The summed E-state index contributed by atoms with van der Waals surface area (Å²) in [5.41, 5.74) is 4.62. The van der Waals surface area contributed by atoms with Crippen LogP contribution in [0.1, 0.15) is 34.2 Å². The van der Waals surface area contributed by atoms with E-state index in [9.17, 15) is 4.79 Å². The van der Waals surface area contributed by atoms with Crippen molar-refractivity contribution in [1.82, 2.24) is 35.1 Å². The Hall–Kier alpha value is -2.77. The van der Waals surface area contributed by atoms with E-state index in [1.165, 1.54) is 10.1 Å². The average Bonchev–Trinajstić information content (AvgIpc) is 3.11. The number of carbonyl (C=O) groups is 1. The van der Waals surface area contributed by atoms with E-state index in [1.54, 1.807) is 18.3 Å². The van der Waals surface area contributed by atoms with Crippen molar-refractivity contribution in [3.8, 4) is 0 Å². The van der Waals surface area contributed by atoms with Crippen molar-refractivity contribution >= 4 is 11.6 Å². The van der Waals surface area contributed by atoms with Gasteiger partial charge in [-0.2, -0.15) is 9.61 Å². The molecule has 0 spiro atoms. The third-order valence-corrected chi connectivity index (χ3v) is 3.95. The summed E-state index contributed by atoms with van der Waals surface area (Å²) in [6, 6.07) is 3.42. The monoisotopic (exact) mass is 313 g/mol. The number of aromatic nitrogens is 6. The van der Waals surface area contributed by atoms with E-state index >= 15 is 0 Å². The van der Waals surface area contributed by atoms with Gasteiger partial charge in [0, 0.05) is 18.4 Å². The van der Waals surface area contributed by atoms with Crippen LogP contribution in [-0.4, -0.2) is 42.3 Å². The highest BCUT2D eigenvalue weighted by Crippen LogP contribution is 2.13. The second-order valence-electron chi connectivity index (χ2n) is 5.38. The Kier molecular flexibility index (Phi) is 4.05. The van der Waals surface area contributed by atoms with Gasteiger partial charge in [0.15, 0.2) is 5.65 Å². The van der Waals surface area contributed by atoms with Crippen molar-refractivity contribution in [1.29, 1.82) is 0 Å². The summed E-state index contributed by atoms with van der Waals surface area (Å²) in [7, 11) is 0. The van der Waals surface area contributed by atoms with Gasteiger partial charge in [-0.1, -0.05) is 6.92 Å². The number of fused-ring (bicyclic) bond motifs is 1. The van der Waals surface area contributed by atoms with Gasteiger partial charge in [-0.25, -0.2) is 0 Å². The molecular weight excluding hydrogens is 294 g/mol. The molecule has 0 aliphatic heterocycles. The van der Waals surface area contributed by atoms with Gasteiger partial charge >= 0.3 is 0 Å². The lowest BCUT2D eigenvalue weighted by Gasteiger charge is -2.07. The zero-order chi connectivity index (χ0) is 16.4. The Morgan fingerprint density at radius 3 is 2.87 bits per heavy atom. The number of hydrogen-bond acceptors (Lipinski definition) is 5. The molecule has 0 atom stereocenters. The first-order chi connectivity index (χ1) is 11.1. The molecule has 0 aliphatic rings. The number of carbonyl (C=O) groups excluding carboxylic acids is 1. The van der Waals surface area contributed by atoms with Crippen molar-refractivity contribution in [2.45, 2.75) is 33.7 Å². The zero-order valence-corrected chi connectivity index (χ0v) is 13.4. The molecule has 0 saturated heterocycles. The molecule has 0 bridgehead atoms. The van der Waals surface area contributed by atoms with Crippen molar-refractivity contribution in [3.05, 3.63) is 40.8 Å². The minimum absolute atomic E-state index is 0.153. The highest BCUT2D eigenvalue weighted by atomic mass is 16.1. The van der Waals surface area contributed by atoms with Crippen LogP contribution in [0, 0.1) is 13.8 Å². The zero-order valence-electron chi connectivity index (χ0n) is 13.4. The maximum absolute atomic E-state index is 12.2. The Morgan fingerprint density at radius 2 is 2.13 bits per heavy atom. The Morgan fingerprint density at radius 1 is 1.30 bits per heavy atom. The van der Waals surface area contributed by atoms with Crippen molar-refractivity contribution in [3.63, 3.8) is 0 Å². The van der Waals surface area contributed by atoms with Gasteiger partial charge in [0.25, 0.3) is 5.91 Å². The van der Waals surface area contributed by atoms with E-state index in [0.717, 1.165) is 17.8 Å². The van der Waals surface area contributed by atoms with Gasteiger partial charge < -0.3 is 5.32 Å². The first-order valence-corrected chi connectivity index (χ1v) is 7.59. The predicted molar refractivity (Wildman–Crippen MR) is 84.2 cm³/mol. The molecule has 8 heteroatoms. The van der Waals surface area contributed by atoms with E-state index in [-0.39, 0.29) is 5.91 Å². The van der Waals surface area contributed by atoms with Crippen molar-refractivity contribution in [2.24, 2.45) is 0 Å². The van der Waals surface area contributed by atoms with Crippen LogP contribution < -0.4 is 5.32 Å². The van der Waals surface area contributed by atoms with Crippen LogP contribution in [0.4, 0.5) is 0 Å². The highest BCUT2D eigenvalue weighted by molar-refractivity contribution is 5.94. The van der Waals surface area contributed by atoms with Crippen molar-refractivity contribution in [2.75, 3.05) is 6.54 Å². The van der Waals surface area contributed by atoms with Gasteiger partial charge in [0.05, 0.1) is 17.8 Å². The largest absolute Gasteiger partial charge is 0.350 e. The molecule has 3 heterocycles. The standard InChI is InChI=1S/C15H19N7O/c1-4-13-10(2)18-21(11(13)3)8-7-16-15(23)12-5-6-14-17-19-20-22(14)9-12/h5-6,9H,4,7-8H2,1-3H3,(H,16,23). The molecule has 0 aliphatic carbocycles. The fourth-order valence-electron chi connectivity index (χ4n) is 2.72. The van der Waals surface area contributed by atoms with Gasteiger partial charge in [0.1, 0.15) is 0 Å². The van der Waals surface area contributed by atoms with E-state index in [2.05, 4.69) is 39.8 Å². The summed E-state index contributed by atoms with van der Waals surface area (Å²) >= 11 is 0. The van der Waals surface area contributed by atoms with Crippen LogP contribution >= 0.6 is 0 Å². The molecule has 0 fully saturated rings. The van der Waals surface area contributed by atoms with Crippen LogP contribution in [0.2, 0.25) is 0 Å². The third kappa shape index (κ3) is 2.92. The van der Waals surface area contributed by atoms with E-state index in [4.69, 9.17) is 0 Å². The SMILES string of the molecule is CCc1c(C)nn(CCNC(=O)c2ccc3nnnn3c2)c1C. The predicted octanol–water partition coefficient (Wildman–Crippen LogP) is 0.930. The number of nitrogens with one attached hydrogen (secondary N) is 1. The summed E-state index contributed by atoms with van der Waals surface area (Å²) in [6.07, 6.45) is 2.58. The topological polar surface area (TPSA) is 90.0 Å². The molecule has 0 unspecified atom stereocenters. The second-order valence-corrected chi connectivity index (χ2v) is 5.38. The molecule has 8 nitrogen and oxygen atoms in total. The minimum Gasteiger partial charge on any atom is -0.350 e. The highest BCUT2D eigenvalue weighted by Gasteiger charge is 2.11. The molecule has 3 rings (SSSR count). The lowest BCUT2D eigenvalue weighted by Crippen LogP contribution is -2.28. The third-order valence-electron chi connectivity index (χ3n) is 3.95.